The molecule has 6 heteroatoms. The van der Waals surface area contributed by atoms with Crippen LogP contribution in [0.5, 0.6) is 0 Å². The first-order chi connectivity index (χ1) is 9.65. The van der Waals surface area contributed by atoms with Crippen molar-refractivity contribution in [2.45, 2.75) is 10.9 Å². The molecular formula is C14H11BrN2OS2. The number of thiophene rings is 1. The lowest BCUT2D eigenvalue weighted by Crippen LogP contribution is -2.18. The number of hydrogen-bond acceptors (Lipinski definition) is 4. The third kappa shape index (κ3) is 2.68. The number of aromatic nitrogens is 2. The lowest BCUT2D eigenvalue weighted by Gasteiger charge is -2.07. The maximum absolute atomic E-state index is 12.2. The summed E-state index contributed by atoms with van der Waals surface area (Å²) in [7, 11) is 1.78. The second-order valence-electron chi connectivity index (χ2n) is 4.31. The fourth-order valence-corrected chi connectivity index (χ4v) is 3.82. The summed E-state index contributed by atoms with van der Waals surface area (Å²) >= 11 is 6.44. The van der Waals surface area contributed by atoms with Crippen LogP contribution in [-0.4, -0.2) is 9.55 Å². The zero-order valence-corrected chi connectivity index (χ0v) is 13.9. The van der Waals surface area contributed by atoms with Crippen molar-refractivity contribution < 1.29 is 0 Å². The number of fused-ring (bicyclic) bond motifs is 1. The molecule has 3 rings (SSSR count). The van der Waals surface area contributed by atoms with Gasteiger partial charge in [-0.15, -0.1) is 11.3 Å². The van der Waals surface area contributed by atoms with Crippen LogP contribution in [0.15, 0.2) is 50.1 Å². The zero-order valence-electron chi connectivity index (χ0n) is 10.7. The first-order valence-corrected chi connectivity index (χ1v) is 8.62. The van der Waals surface area contributed by atoms with Crippen molar-refractivity contribution in [3.05, 3.63) is 56.1 Å². The van der Waals surface area contributed by atoms with Gasteiger partial charge in [-0.3, -0.25) is 9.36 Å². The minimum atomic E-state index is 0.0308. The van der Waals surface area contributed by atoms with Gasteiger partial charge in [-0.1, -0.05) is 39.8 Å². The van der Waals surface area contributed by atoms with Crippen LogP contribution in [0.25, 0.3) is 10.2 Å². The summed E-state index contributed by atoms with van der Waals surface area (Å²) in [5, 5.41) is 2.66. The molecule has 0 saturated carbocycles. The van der Waals surface area contributed by atoms with Gasteiger partial charge in [0.15, 0.2) is 5.16 Å². The molecule has 1 aromatic carbocycles. The van der Waals surface area contributed by atoms with E-state index in [-0.39, 0.29) is 5.56 Å². The summed E-state index contributed by atoms with van der Waals surface area (Å²) < 4.78 is 3.42. The first-order valence-electron chi connectivity index (χ1n) is 5.96. The molecule has 0 bridgehead atoms. The Balaban J connectivity index is 1.89. The fraction of sp³-hybridized carbons (Fsp3) is 0.143. The van der Waals surface area contributed by atoms with E-state index in [9.17, 15) is 4.79 Å². The predicted octanol–water partition coefficient (Wildman–Crippen LogP) is 4.05. The van der Waals surface area contributed by atoms with E-state index in [2.05, 4.69) is 33.0 Å². The van der Waals surface area contributed by atoms with Gasteiger partial charge in [0.2, 0.25) is 0 Å². The third-order valence-corrected chi connectivity index (χ3v) is 5.45. The Morgan fingerprint density at radius 1 is 1.30 bits per heavy atom. The Morgan fingerprint density at radius 2 is 2.05 bits per heavy atom. The van der Waals surface area contributed by atoms with Crippen molar-refractivity contribution in [1.29, 1.82) is 0 Å². The monoisotopic (exact) mass is 366 g/mol. The maximum Gasteiger partial charge on any atom is 0.271 e. The minimum Gasteiger partial charge on any atom is -0.290 e. The summed E-state index contributed by atoms with van der Waals surface area (Å²) in [5.41, 5.74) is 2.03. The van der Waals surface area contributed by atoms with Gasteiger partial charge in [-0.25, -0.2) is 4.98 Å². The van der Waals surface area contributed by atoms with Crippen LogP contribution in [-0.2, 0) is 12.8 Å². The minimum absolute atomic E-state index is 0.0308. The van der Waals surface area contributed by atoms with Crippen LogP contribution in [0.3, 0.4) is 0 Å². The van der Waals surface area contributed by atoms with E-state index in [4.69, 9.17) is 0 Å². The lowest BCUT2D eigenvalue weighted by molar-refractivity contribution is 0.728. The summed E-state index contributed by atoms with van der Waals surface area (Å²) in [6.07, 6.45) is 0. The van der Waals surface area contributed by atoms with E-state index in [1.54, 1.807) is 23.4 Å². The Kier molecular flexibility index (Phi) is 3.96. The molecular weight excluding hydrogens is 356 g/mol. The lowest BCUT2D eigenvalue weighted by atomic mass is 10.2. The average molecular weight is 367 g/mol. The highest BCUT2D eigenvalue weighted by Gasteiger charge is 2.09. The van der Waals surface area contributed by atoms with Gasteiger partial charge in [-0.05, 0) is 29.1 Å². The average Bonchev–Trinajstić information content (AvgIpc) is 2.91. The normalized spacial score (nSPS) is 11.1. The van der Waals surface area contributed by atoms with Crippen molar-refractivity contribution in [1.82, 2.24) is 9.55 Å². The number of hydrogen-bond donors (Lipinski definition) is 0. The van der Waals surface area contributed by atoms with Crippen molar-refractivity contribution in [3.63, 3.8) is 0 Å². The molecule has 20 heavy (non-hydrogen) atoms. The summed E-state index contributed by atoms with van der Waals surface area (Å²) in [6, 6.07) is 10.1. The molecule has 0 saturated heterocycles. The number of benzene rings is 1. The van der Waals surface area contributed by atoms with Gasteiger partial charge in [0.05, 0.1) is 5.52 Å². The van der Waals surface area contributed by atoms with E-state index in [1.807, 2.05) is 23.6 Å². The Morgan fingerprint density at radius 3 is 2.80 bits per heavy atom. The van der Waals surface area contributed by atoms with Crippen LogP contribution in [0.4, 0.5) is 0 Å². The number of thioether (sulfide) groups is 1. The smallest absolute Gasteiger partial charge is 0.271 e. The molecule has 3 aromatic rings. The van der Waals surface area contributed by atoms with Crippen LogP contribution < -0.4 is 5.56 Å². The van der Waals surface area contributed by atoms with E-state index in [0.29, 0.717) is 0 Å². The largest absolute Gasteiger partial charge is 0.290 e. The molecule has 0 aliphatic rings. The molecule has 0 unspecified atom stereocenters. The standard InChI is InChI=1S/C14H11BrN2OS2/c1-17-13(18)12-11(6-7-19-12)16-14(17)20-8-9-2-4-10(15)5-3-9/h2-7H,8H2,1H3. The molecule has 3 nitrogen and oxygen atoms in total. The topological polar surface area (TPSA) is 34.9 Å². The van der Waals surface area contributed by atoms with E-state index >= 15 is 0 Å². The van der Waals surface area contributed by atoms with Crippen LogP contribution in [0, 0.1) is 0 Å². The van der Waals surface area contributed by atoms with Crippen LogP contribution in [0.2, 0.25) is 0 Å². The quantitative estimate of drug-likeness (QED) is 0.518. The summed E-state index contributed by atoms with van der Waals surface area (Å²) in [5.74, 6) is 0.795. The molecule has 0 radical (unpaired) electrons. The number of rotatable bonds is 3. The van der Waals surface area contributed by atoms with Gasteiger partial charge in [-0.2, -0.15) is 0 Å². The van der Waals surface area contributed by atoms with Crippen molar-refractivity contribution >= 4 is 49.2 Å². The highest BCUT2D eigenvalue weighted by molar-refractivity contribution is 9.10. The van der Waals surface area contributed by atoms with Crippen molar-refractivity contribution in [2.75, 3.05) is 0 Å². The Labute approximate surface area is 132 Å². The number of halogens is 1. The van der Waals surface area contributed by atoms with Gasteiger partial charge < -0.3 is 0 Å². The maximum atomic E-state index is 12.2. The molecule has 2 heterocycles. The fourth-order valence-electron chi connectivity index (χ4n) is 1.83. The van der Waals surface area contributed by atoms with Crippen molar-refractivity contribution in [2.24, 2.45) is 7.05 Å². The molecule has 0 atom stereocenters. The molecule has 2 aromatic heterocycles. The van der Waals surface area contributed by atoms with Crippen LogP contribution >= 0.6 is 39.0 Å². The third-order valence-electron chi connectivity index (χ3n) is 2.93. The van der Waals surface area contributed by atoms with Gasteiger partial charge in [0, 0.05) is 17.3 Å². The van der Waals surface area contributed by atoms with Crippen molar-refractivity contribution in [3.8, 4) is 0 Å². The SMILES string of the molecule is Cn1c(SCc2ccc(Br)cc2)nc2ccsc2c1=O. The summed E-state index contributed by atoms with van der Waals surface area (Å²) in [4.78, 5) is 16.7. The van der Waals surface area contributed by atoms with Gasteiger partial charge in [0.25, 0.3) is 5.56 Å². The second kappa shape index (κ2) is 5.71. The van der Waals surface area contributed by atoms with E-state index in [0.717, 1.165) is 25.6 Å². The molecule has 0 spiro atoms. The number of nitrogens with zero attached hydrogens (tertiary/aromatic N) is 2. The van der Waals surface area contributed by atoms with E-state index < -0.39 is 0 Å². The molecule has 102 valence electrons. The molecule has 0 aliphatic carbocycles. The van der Waals surface area contributed by atoms with Crippen LogP contribution in [0.1, 0.15) is 5.56 Å². The molecule has 0 amide bonds. The summed E-state index contributed by atoms with van der Waals surface area (Å²) in [6.45, 7) is 0. The molecule has 0 N–H and O–H groups in total. The highest BCUT2D eigenvalue weighted by Crippen LogP contribution is 2.23. The first kappa shape index (κ1) is 13.9. The Bertz CT molecular complexity index is 808. The predicted molar refractivity (Wildman–Crippen MR) is 88.6 cm³/mol. The highest BCUT2D eigenvalue weighted by atomic mass is 79.9. The van der Waals surface area contributed by atoms with E-state index in [1.165, 1.54) is 16.9 Å². The van der Waals surface area contributed by atoms with Gasteiger partial charge >= 0.3 is 0 Å². The molecule has 0 fully saturated rings. The molecule has 0 aliphatic heterocycles. The zero-order chi connectivity index (χ0) is 14.1. The van der Waals surface area contributed by atoms with Gasteiger partial charge in [0.1, 0.15) is 4.70 Å². The Hall–Kier alpha value is -1.11. The second-order valence-corrected chi connectivity index (χ2v) is 7.08.